The number of rotatable bonds is 4. The van der Waals surface area contributed by atoms with E-state index >= 15 is 0 Å². The molecular weight excluding hydrogens is 393 g/mol. The van der Waals surface area contributed by atoms with Crippen LogP contribution in [0, 0.1) is 11.7 Å². The van der Waals surface area contributed by atoms with Crippen molar-refractivity contribution in [3.05, 3.63) is 72.4 Å². The molecule has 158 valence electrons. The monoisotopic (exact) mass is 417 g/mol. The van der Waals surface area contributed by atoms with Crippen LogP contribution in [-0.2, 0) is 6.54 Å². The Balaban J connectivity index is 1.37. The summed E-state index contributed by atoms with van der Waals surface area (Å²) in [5.41, 5.74) is 2.97. The summed E-state index contributed by atoms with van der Waals surface area (Å²) in [6.07, 6.45) is 6.38. The quantitative estimate of drug-likeness (QED) is 0.531. The number of benzene rings is 2. The zero-order valence-electron chi connectivity index (χ0n) is 17.5. The van der Waals surface area contributed by atoms with Gasteiger partial charge in [0.25, 0.3) is 5.91 Å². The van der Waals surface area contributed by atoms with Crippen LogP contribution in [0.15, 0.2) is 61.1 Å². The number of amides is 1. The van der Waals surface area contributed by atoms with Crippen LogP contribution in [0.5, 0.6) is 0 Å². The van der Waals surface area contributed by atoms with E-state index in [1.54, 1.807) is 29.3 Å². The molecule has 0 spiro atoms. The number of halogens is 1. The molecule has 1 amide bonds. The number of fused-ring (bicyclic) bond motifs is 1. The van der Waals surface area contributed by atoms with E-state index in [0.717, 1.165) is 28.5 Å². The topological polar surface area (TPSA) is 66.8 Å². The van der Waals surface area contributed by atoms with Crippen molar-refractivity contribution in [2.75, 3.05) is 6.54 Å². The van der Waals surface area contributed by atoms with Gasteiger partial charge in [0.2, 0.25) is 0 Å². The highest BCUT2D eigenvalue weighted by Gasteiger charge is 2.42. The van der Waals surface area contributed by atoms with E-state index in [-0.39, 0.29) is 22.9 Å². The molecule has 31 heavy (non-hydrogen) atoms. The Bertz CT molecular complexity index is 1240. The molecule has 1 aliphatic rings. The van der Waals surface area contributed by atoms with Crippen LogP contribution in [0.1, 0.15) is 30.6 Å². The van der Waals surface area contributed by atoms with Gasteiger partial charge in [-0.25, -0.2) is 4.39 Å². The fraction of sp³-hybridized carbons (Fsp3) is 0.292. The maximum atomic E-state index is 14.2. The smallest absolute Gasteiger partial charge is 0.257 e. The Morgan fingerprint density at radius 2 is 2.03 bits per heavy atom. The fourth-order valence-corrected chi connectivity index (χ4v) is 4.71. The zero-order chi connectivity index (χ0) is 21.6. The lowest BCUT2D eigenvalue weighted by atomic mass is 9.96. The van der Waals surface area contributed by atoms with Crippen molar-refractivity contribution >= 4 is 16.8 Å². The number of carbonyl (C=O) groups excluding carboxylic acids is 1. The summed E-state index contributed by atoms with van der Waals surface area (Å²) in [6, 6.07) is 12.4. The number of aromatic amines is 1. The van der Waals surface area contributed by atoms with Gasteiger partial charge >= 0.3 is 0 Å². The minimum Gasteiger partial charge on any atom is -0.333 e. The van der Waals surface area contributed by atoms with E-state index in [1.165, 1.54) is 6.07 Å². The number of hydrogen-bond acceptors (Lipinski definition) is 3. The van der Waals surface area contributed by atoms with E-state index < -0.39 is 5.82 Å². The van der Waals surface area contributed by atoms with E-state index in [9.17, 15) is 9.18 Å². The van der Waals surface area contributed by atoms with Crippen molar-refractivity contribution in [1.82, 2.24) is 24.9 Å². The molecule has 3 heterocycles. The molecule has 5 rings (SSSR count). The second-order valence-electron chi connectivity index (χ2n) is 8.87. The first-order valence-corrected chi connectivity index (χ1v) is 10.4. The molecular formula is C24H24FN5O. The van der Waals surface area contributed by atoms with Crippen LogP contribution in [0.25, 0.3) is 22.0 Å². The Morgan fingerprint density at radius 3 is 2.81 bits per heavy atom. The highest BCUT2D eigenvalue weighted by Crippen LogP contribution is 2.35. The van der Waals surface area contributed by atoms with Gasteiger partial charge in [-0.05, 0) is 56.0 Å². The maximum Gasteiger partial charge on any atom is 0.257 e. The van der Waals surface area contributed by atoms with Gasteiger partial charge in [-0.1, -0.05) is 18.2 Å². The molecule has 6 nitrogen and oxygen atoms in total. The second kappa shape index (κ2) is 7.34. The third kappa shape index (κ3) is 3.50. The van der Waals surface area contributed by atoms with Gasteiger partial charge in [-0.15, -0.1) is 0 Å². The highest BCUT2D eigenvalue weighted by atomic mass is 19.1. The lowest BCUT2D eigenvalue weighted by Gasteiger charge is -2.31. The zero-order valence-corrected chi connectivity index (χ0v) is 17.5. The van der Waals surface area contributed by atoms with Crippen LogP contribution in [-0.4, -0.2) is 42.9 Å². The summed E-state index contributed by atoms with van der Waals surface area (Å²) in [4.78, 5) is 14.9. The summed E-state index contributed by atoms with van der Waals surface area (Å²) < 4.78 is 16.2. The molecule has 1 N–H and O–H groups in total. The number of hydrogen-bond donors (Lipinski definition) is 1. The summed E-state index contributed by atoms with van der Waals surface area (Å²) in [5.74, 6) is -0.485. The van der Waals surface area contributed by atoms with Crippen LogP contribution in [0.3, 0.4) is 0 Å². The third-order valence-electron chi connectivity index (χ3n) is 6.21. The van der Waals surface area contributed by atoms with Crippen molar-refractivity contribution in [1.29, 1.82) is 0 Å². The van der Waals surface area contributed by atoms with Crippen molar-refractivity contribution in [3.63, 3.8) is 0 Å². The molecule has 0 bridgehead atoms. The molecule has 0 aliphatic carbocycles. The Kier molecular flexibility index (Phi) is 4.61. The molecule has 0 radical (unpaired) electrons. The highest BCUT2D eigenvalue weighted by molar-refractivity contribution is 5.95. The second-order valence-corrected chi connectivity index (χ2v) is 8.87. The minimum atomic E-state index is -0.474. The van der Waals surface area contributed by atoms with E-state index in [1.807, 2.05) is 30.9 Å². The molecule has 2 aromatic heterocycles. The first kappa shape index (κ1) is 19.5. The Morgan fingerprint density at radius 1 is 1.19 bits per heavy atom. The molecule has 2 aromatic carbocycles. The molecule has 1 saturated heterocycles. The van der Waals surface area contributed by atoms with Crippen molar-refractivity contribution in [2.45, 2.75) is 32.4 Å². The largest absolute Gasteiger partial charge is 0.333 e. The fourth-order valence-electron chi connectivity index (χ4n) is 4.71. The van der Waals surface area contributed by atoms with Gasteiger partial charge in [0, 0.05) is 35.8 Å². The molecule has 1 fully saturated rings. The molecule has 1 atom stereocenters. The summed E-state index contributed by atoms with van der Waals surface area (Å²) in [6.45, 7) is 5.38. The normalized spacial score (nSPS) is 18.0. The summed E-state index contributed by atoms with van der Waals surface area (Å²) in [7, 11) is 0. The van der Waals surface area contributed by atoms with Crippen LogP contribution in [0.2, 0.25) is 0 Å². The van der Waals surface area contributed by atoms with E-state index in [0.29, 0.717) is 13.1 Å². The SMILES string of the molecule is CC1(C)CC(Cn2ncc3cc(-c4cn[nH]c4)ccc32)CN1C(=O)c1ccccc1F. The van der Waals surface area contributed by atoms with Crippen molar-refractivity contribution in [2.24, 2.45) is 5.92 Å². The first-order valence-electron chi connectivity index (χ1n) is 10.4. The average Bonchev–Trinajstić information content (AvgIpc) is 3.47. The molecule has 1 unspecified atom stereocenters. The minimum absolute atomic E-state index is 0.132. The number of likely N-dealkylation sites (tertiary alicyclic amines) is 1. The lowest BCUT2D eigenvalue weighted by Crippen LogP contribution is -2.43. The molecule has 1 aliphatic heterocycles. The standard InChI is InChI=1S/C24H24FN5O/c1-24(2)10-16(14-29(24)23(31)20-5-3-4-6-21(20)25)15-30-22-8-7-17(9-18(22)13-28-30)19-11-26-27-12-19/h3-9,11-13,16H,10,14-15H2,1-2H3,(H,26,27). The number of H-pyrrole nitrogens is 1. The van der Waals surface area contributed by atoms with Gasteiger partial charge < -0.3 is 4.90 Å². The van der Waals surface area contributed by atoms with E-state index in [2.05, 4.69) is 33.5 Å². The van der Waals surface area contributed by atoms with Crippen LogP contribution >= 0.6 is 0 Å². The van der Waals surface area contributed by atoms with Gasteiger partial charge in [-0.2, -0.15) is 10.2 Å². The van der Waals surface area contributed by atoms with Crippen LogP contribution < -0.4 is 0 Å². The van der Waals surface area contributed by atoms with E-state index in [4.69, 9.17) is 0 Å². The number of nitrogens with zero attached hydrogens (tertiary/aromatic N) is 4. The Labute approximate surface area is 179 Å². The number of nitrogens with one attached hydrogen (secondary N) is 1. The van der Waals surface area contributed by atoms with Crippen molar-refractivity contribution < 1.29 is 9.18 Å². The van der Waals surface area contributed by atoms with Gasteiger partial charge in [0.05, 0.1) is 23.5 Å². The lowest BCUT2D eigenvalue weighted by molar-refractivity contribution is 0.0644. The Hall–Kier alpha value is -3.48. The summed E-state index contributed by atoms with van der Waals surface area (Å²) in [5, 5.41) is 12.5. The van der Waals surface area contributed by atoms with Crippen molar-refractivity contribution in [3.8, 4) is 11.1 Å². The average molecular weight is 417 g/mol. The van der Waals surface area contributed by atoms with Gasteiger partial charge in [0.1, 0.15) is 5.82 Å². The predicted octanol–water partition coefficient (Wildman–Crippen LogP) is 4.51. The molecule has 4 aromatic rings. The molecule has 7 heteroatoms. The maximum absolute atomic E-state index is 14.2. The van der Waals surface area contributed by atoms with Gasteiger partial charge in [-0.3, -0.25) is 14.6 Å². The third-order valence-corrected chi connectivity index (χ3v) is 6.21. The number of aromatic nitrogens is 4. The molecule has 0 saturated carbocycles. The number of carbonyl (C=O) groups is 1. The first-order chi connectivity index (χ1) is 14.9. The summed E-state index contributed by atoms with van der Waals surface area (Å²) >= 11 is 0. The van der Waals surface area contributed by atoms with Crippen LogP contribution in [0.4, 0.5) is 4.39 Å². The van der Waals surface area contributed by atoms with Gasteiger partial charge in [0.15, 0.2) is 0 Å². The predicted molar refractivity (Wildman–Crippen MR) is 117 cm³/mol.